The highest BCUT2D eigenvalue weighted by molar-refractivity contribution is 5.28. The molecule has 0 aromatic heterocycles. The minimum atomic E-state index is 0.0307. The van der Waals surface area contributed by atoms with Crippen molar-refractivity contribution in [3.05, 3.63) is 35.4 Å². The monoisotopic (exact) mass is 287 g/mol. The van der Waals surface area contributed by atoms with Gasteiger partial charge < -0.3 is 10.5 Å². The van der Waals surface area contributed by atoms with E-state index in [-0.39, 0.29) is 6.10 Å². The molecule has 4 atom stereocenters. The highest BCUT2D eigenvalue weighted by Gasteiger charge is 2.62. The highest BCUT2D eigenvalue weighted by Crippen LogP contribution is 2.66. The highest BCUT2D eigenvalue weighted by atomic mass is 16.5. The molecule has 0 amide bonds. The van der Waals surface area contributed by atoms with Crippen molar-refractivity contribution in [3.63, 3.8) is 0 Å². The van der Waals surface area contributed by atoms with Gasteiger partial charge in [-0.3, -0.25) is 0 Å². The fraction of sp³-hybridized carbons (Fsp3) is 0.684. The van der Waals surface area contributed by atoms with E-state index in [9.17, 15) is 0 Å². The van der Waals surface area contributed by atoms with Crippen molar-refractivity contribution < 1.29 is 4.74 Å². The Morgan fingerprint density at radius 3 is 2.52 bits per heavy atom. The molecule has 3 rings (SSSR count). The number of fused-ring (bicyclic) bond motifs is 2. The normalized spacial score (nSPS) is 35.1. The van der Waals surface area contributed by atoms with Gasteiger partial charge in [-0.2, -0.15) is 0 Å². The van der Waals surface area contributed by atoms with E-state index in [4.69, 9.17) is 10.5 Å². The van der Waals surface area contributed by atoms with E-state index in [0.717, 1.165) is 5.92 Å². The van der Waals surface area contributed by atoms with Crippen LogP contribution in [0.3, 0.4) is 0 Å². The first kappa shape index (κ1) is 15.1. The van der Waals surface area contributed by atoms with Crippen LogP contribution in [0.5, 0.6) is 0 Å². The van der Waals surface area contributed by atoms with Gasteiger partial charge in [-0.15, -0.1) is 0 Å². The molecule has 2 saturated carbocycles. The summed E-state index contributed by atoms with van der Waals surface area (Å²) < 4.78 is 6.58. The van der Waals surface area contributed by atoms with Gasteiger partial charge in [0.1, 0.15) is 0 Å². The third kappa shape index (κ3) is 2.15. The Labute approximate surface area is 129 Å². The van der Waals surface area contributed by atoms with Gasteiger partial charge >= 0.3 is 0 Å². The zero-order valence-corrected chi connectivity index (χ0v) is 13.9. The fourth-order valence-electron chi connectivity index (χ4n) is 4.74. The van der Waals surface area contributed by atoms with E-state index in [1.807, 2.05) is 0 Å². The lowest BCUT2D eigenvalue weighted by molar-refractivity contribution is -0.0850. The van der Waals surface area contributed by atoms with Crippen molar-refractivity contribution in [1.82, 2.24) is 0 Å². The van der Waals surface area contributed by atoms with Gasteiger partial charge in [0.2, 0.25) is 0 Å². The van der Waals surface area contributed by atoms with Crippen LogP contribution in [0.25, 0.3) is 0 Å². The van der Waals surface area contributed by atoms with E-state index in [1.54, 1.807) is 0 Å². The van der Waals surface area contributed by atoms with Gasteiger partial charge in [-0.1, -0.05) is 45.0 Å². The molecule has 1 aromatic carbocycles. The van der Waals surface area contributed by atoms with Crippen LogP contribution >= 0.6 is 0 Å². The van der Waals surface area contributed by atoms with Gasteiger partial charge in [0.15, 0.2) is 0 Å². The van der Waals surface area contributed by atoms with Crippen molar-refractivity contribution in [3.8, 4) is 0 Å². The predicted octanol–water partition coefficient (Wildman–Crippen LogP) is 4.23. The molecule has 0 saturated heterocycles. The maximum atomic E-state index is 6.58. The number of ether oxygens (including phenoxy) is 1. The second kappa shape index (κ2) is 5.10. The van der Waals surface area contributed by atoms with Crippen molar-refractivity contribution in [1.29, 1.82) is 0 Å². The lowest BCUT2D eigenvalue weighted by Gasteiger charge is -2.40. The Balaban J connectivity index is 1.82. The Morgan fingerprint density at radius 2 is 2.00 bits per heavy atom. The predicted molar refractivity (Wildman–Crippen MR) is 87.1 cm³/mol. The summed E-state index contributed by atoms with van der Waals surface area (Å²) in [7, 11) is 0. The minimum absolute atomic E-state index is 0.0307. The first-order chi connectivity index (χ1) is 9.90. The molecule has 2 heteroatoms. The second-order valence-corrected chi connectivity index (χ2v) is 7.82. The summed E-state index contributed by atoms with van der Waals surface area (Å²) in [6.07, 6.45) is 4.23. The van der Waals surface area contributed by atoms with Crippen LogP contribution in [0.2, 0.25) is 0 Å². The van der Waals surface area contributed by atoms with E-state index in [1.165, 1.54) is 30.4 Å². The number of benzene rings is 1. The molecule has 4 unspecified atom stereocenters. The van der Waals surface area contributed by atoms with Crippen molar-refractivity contribution in [2.24, 2.45) is 22.5 Å². The summed E-state index contributed by atoms with van der Waals surface area (Å²) in [5.74, 6) is 0.808. The number of nitrogens with two attached hydrogens (primary N) is 1. The maximum absolute atomic E-state index is 6.58. The standard InChI is InChI=1S/C19H29NO/c1-13-7-5-6-8-15(13)16(12-20)21-17-11-14-9-10-19(17,4)18(14,2)3/h5-8,14,16-17H,9-12,20H2,1-4H3. The van der Waals surface area contributed by atoms with E-state index in [0.29, 0.717) is 23.5 Å². The molecule has 0 heterocycles. The molecule has 2 fully saturated rings. The SMILES string of the molecule is Cc1ccccc1C(CN)OC1CC2CCC1(C)C2(C)C. The zero-order valence-electron chi connectivity index (χ0n) is 13.9. The zero-order chi connectivity index (χ0) is 15.3. The molecule has 0 spiro atoms. The summed E-state index contributed by atoms with van der Waals surface area (Å²) in [5.41, 5.74) is 9.26. The van der Waals surface area contributed by atoms with E-state index >= 15 is 0 Å². The van der Waals surface area contributed by atoms with Crippen LogP contribution in [0.4, 0.5) is 0 Å². The third-order valence-electron chi connectivity index (χ3n) is 6.79. The van der Waals surface area contributed by atoms with Crippen LogP contribution in [0, 0.1) is 23.7 Å². The van der Waals surface area contributed by atoms with Crippen LogP contribution in [0.15, 0.2) is 24.3 Å². The summed E-state index contributed by atoms with van der Waals surface area (Å²) in [4.78, 5) is 0. The lowest BCUT2D eigenvalue weighted by atomic mass is 9.70. The summed E-state index contributed by atoms with van der Waals surface area (Å²) in [6.45, 7) is 9.99. The van der Waals surface area contributed by atoms with E-state index in [2.05, 4.69) is 52.0 Å². The Hall–Kier alpha value is -0.860. The molecule has 1 aromatic rings. The quantitative estimate of drug-likeness (QED) is 0.899. The second-order valence-electron chi connectivity index (χ2n) is 7.82. The van der Waals surface area contributed by atoms with Gasteiger partial charge in [0.25, 0.3) is 0 Å². The topological polar surface area (TPSA) is 35.2 Å². The largest absolute Gasteiger partial charge is 0.368 e. The third-order valence-corrected chi connectivity index (χ3v) is 6.79. The van der Waals surface area contributed by atoms with Crippen molar-refractivity contribution in [2.75, 3.05) is 6.54 Å². The molecule has 21 heavy (non-hydrogen) atoms. The number of rotatable bonds is 4. The first-order valence-electron chi connectivity index (χ1n) is 8.31. The average Bonchev–Trinajstić information content (AvgIpc) is 2.78. The number of hydrogen-bond donors (Lipinski definition) is 1. The summed E-state index contributed by atoms with van der Waals surface area (Å²) >= 11 is 0. The molecule has 2 nitrogen and oxygen atoms in total. The Kier molecular flexibility index (Phi) is 3.66. The van der Waals surface area contributed by atoms with Crippen molar-refractivity contribution in [2.45, 2.75) is 59.2 Å². The molecular formula is C19H29NO. The van der Waals surface area contributed by atoms with Gasteiger partial charge in [-0.25, -0.2) is 0 Å². The molecule has 116 valence electrons. The molecule has 2 aliphatic carbocycles. The van der Waals surface area contributed by atoms with Crippen LogP contribution in [-0.2, 0) is 4.74 Å². The first-order valence-corrected chi connectivity index (χ1v) is 8.31. The summed E-state index contributed by atoms with van der Waals surface area (Å²) in [6, 6.07) is 8.47. The molecule has 2 aliphatic rings. The van der Waals surface area contributed by atoms with Crippen molar-refractivity contribution >= 4 is 0 Å². The minimum Gasteiger partial charge on any atom is -0.368 e. The lowest BCUT2D eigenvalue weighted by Crippen LogP contribution is -2.38. The fourth-order valence-corrected chi connectivity index (χ4v) is 4.74. The van der Waals surface area contributed by atoms with E-state index < -0.39 is 0 Å². The van der Waals surface area contributed by atoms with Crippen LogP contribution in [-0.4, -0.2) is 12.6 Å². The molecule has 2 bridgehead atoms. The molecule has 0 radical (unpaired) electrons. The van der Waals surface area contributed by atoms with Gasteiger partial charge in [0.05, 0.1) is 12.2 Å². The van der Waals surface area contributed by atoms with Gasteiger partial charge in [-0.05, 0) is 54.1 Å². The Morgan fingerprint density at radius 1 is 1.29 bits per heavy atom. The Bertz CT molecular complexity index is 524. The number of hydrogen-bond acceptors (Lipinski definition) is 2. The van der Waals surface area contributed by atoms with Crippen LogP contribution < -0.4 is 5.73 Å². The smallest absolute Gasteiger partial charge is 0.0953 e. The summed E-state index contributed by atoms with van der Waals surface area (Å²) in [5, 5.41) is 0. The molecule has 0 aliphatic heterocycles. The van der Waals surface area contributed by atoms with Crippen LogP contribution in [0.1, 0.15) is 57.3 Å². The molecular weight excluding hydrogens is 258 g/mol. The molecule has 2 N–H and O–H groups in total. The number of aryl methyl sites for hydroxylation is 1. The van der Waals surface area contributed by atoms with Gasteiger partial charge in [0, 0.05) is 6.54 Å². The average molecular weight is 287 g/mol. The maximum Gasteiger partial charge on any atom is 0.0953 e.